The van der Waals surface area contributed by atoms with E-state index in [1.54, 1.807) is 0 Å². The molecule has 1 amide bonds. The van der Waals surface area contributed by atoms with Crippen LogP contribution in [0.15, 0.2) is 30.3 Å². The van der Waals surface area contributed by atoms with Gasteiger partial charge in [0.25, 0.3) is 0 Å². The van der Waals surface area contributed by atoms with Gasteiger partial charge in [-0.25, -0.2) is 0 Å². The topological polar surface area (TPSA) is 44.4 Å². The molecular weight excluding hydrogens is 214 g/mol. The number of nitrogens with zero attached hydrogens (tertiary/aromatic N) is 1. The maximum absolute atomic E-state index is 11.5. The summed E-state index contributed by atoms with van der Waals surface area (Å²) >= 11 is 0. The van der Waals surface area contributed by atoms with Crippen molar-refractivity contribution in [2.24, 2.45) is 0 Å². The summed E-state index contributed by atoms with van der Waals surface area (Å²) in [5.41, 5.74) is 0.838. The van der Waals surface area contributed by atoms with Crippen LogP contribution in [0, 0.1) is 0 Å². The van der Waals surface area contributed by atoms with Crippen LogP contribution in [0.5, 0.6) is 0 Å². The molecule has 94 valence electrons. The van der Waals surface area contributed by atoms with E-state index in [9.17, 15) is 4.79 Å². The summed E-state index contributed by atoms with van der Waals surface area (Å²) in [6.07, 6.45) is 0. The number of hydrogen-bond acceptors (Lipinski definition) is 3. The van der Waals surface area contributed by atoms with Gasteiger partial charge >= 0.3 is 0 Å². The Bertz CT molecular complexity index is 327. The van der Waals surface area contributed by atoms with Crippen LogP contribution < -0.4 is 10.6 Å². The maximum atomic E-state index is 11.5. The molecule has 1 rings (SSSR count). The van der Waals surface area contributed by atoms with Gasteiger partial charge in [-0.3, -0.25) is 4.79 Å². The van der Waals surface area contributed by atoms with Crippen LogP contribution in [0.25, 0.3) is 0 Å². The van der Waals surface area contributed by atoms with E-state index in [0.29, 0.717) is 6.54 Å². The average molecular weight is 235 g/mol. The molecular formula is C13H21N3O. The fourth-order valence-electron chi connectivity index (χ4n) is 1.36. The van der Waals surface area contributed by atoms with Gasteiger partial charge in [-0.05, 0) is 25.7 Å². The third-order valence-corrected chi connectivity index (χ3v) is 2.55. The fraction of sp³-hybridized carbons (Fsp3) is 0.462. The van der Waals surface area contributed by atoms with Crippen LogP contribution in [0.2, 0.25) is 0 Å². The second-order valence-electron chi connectivity index (χ2n) is 3.99. The third-order valence-electron chi connectivity index (χ3n) is 2.55. The van der Waals surface area contributed by atoms with Gasteiger partial charge in [0.2, 0.25) is 5.91 Å². The van der Waals surface area contributed by atoms with Crippen LogP contribution in [0.1, 0.15) is 6.92 Å². The zero-order valence-electron chi connectivity index (χ0n) is 10.6. The SMILES string of the molecule is CCN(C)CCNCC(=O)Nc1ccccc1. The first-order chi connectivity index (χ1) is 8.22. The Morgan fingerprint density at radius 1 is 1.29 bits per heavy atom. The van der Waals surface area contributed by atoms with E-state index in [1.807, 2.05) is 30.3 Å². The second-order valence-corrected chi connectivity index (χ2v) is 3.99. The number of likely N-dealkylation sites (N-methyl/N-ethyl adjacent to an activating group) is 1. The number of carbonyl (C=O) groups is 1. The van der Waals surface area contributed by atoms with E-state index in [4.69, 9.17) is 0 Å². The number of benzene rings is 1. The molecule has 0 unspecified atom stereocenters. The summed E-state index contributed by atoms with van der Waals surface area (Å²) in [6.45, 7) is 5.27. The lowest BCUT2D eigenvalue weighted by Crippen LogP contribution is -2.34. The zero-order valence-corrected chi connectivity index (χ0v) is 10.6. The summed E-state index contributed by atoms with van der Waals surface area (Å²) in [5.74, 6) is -0.00430. The van der Waals surface area contributed by atoms with Crippen molar-refractivity contribution in [3.8, 4) is 0 Å². The van der Waals surface area contributed by atoms with Crippen LogP contribution in [-0.4, -0.2) is 44.0 Å². The maximum Gasteiger partial charge on any atom is 0.238 e. The Labute approximate surface area is 103 Å². The van der Waals surface area contributed by atoms with Crippen molar-refractivity contribution in [2.75, 3.05) is 38.5 Å². The monoisotopic (exact) mass is 235 g/mol. The molecule has 0 saturated carbocycles. The molecule has 1 aromatic carbocycles. The lowest BCUT2D eigenvalue weighted by Gasteiger charge is -2.13. The molecule has 0 aromatic heterocycles. The Morgan fingerprint density at radius 2 is 2.00 bits per heavy atom. The molecule has 0 aliphatic carbocycles. The number of para-hydroxylation sites is 1. The average Bonchev–Trinajstić information content (AvgIpc) is 2.35. The van der Waals surface area contributed by atoms with Crippen molar-refractivity contribution in [1.82, 2.24) is 10.2 Å². The zero-order chi connectivity index (χ0) is 12.5. The van der Waals surface area contributed by atoms with Crippen molar-refractivity contribution in [3.63, 3.8) is 0 Å². The molecule has 4 nitrogen and oxygen atoms in total. The molecule has 0 saturated heterocycles. The van der Waals surface area contributed by atoms with E-state index in [-0.39, 0.29) is 5.91 Å². The van der Waals surface area contributed by atoms with Crippen molar-refractivity contribution in [1.29, 1.82) is 0 Å². The fourth-order valence-corrected chi connectivity index (χ4v) is 1.36. The minimum atomic E-state index is -0.00430. The molecule has 4 heteroatoms. The first kappa shape index (κ1) is 13.7. The molecule has 0 aliphatic heterocycles. The van der Waals surface area contributed by atoms with Gasteiger partial charge in [0.15, 0.2) is 0 Å². The predicted octanol–water partition coefficient (Wildman–Crippen LogP) is 1.17. The molecule has 2 N–H and O–H groups in total. The Balaban J connectivity index is 2.14. The van der Waals surface area contributed by atoms with Crippen molar-refractivity contribution in [3.05, 3.63) is 30.3 Å². The van der Waals surface area contributed by atoms with Crippen LogP contribution in [-0.2, 0) is 4.79 Å². The van der Waals surface area contributed by atoms with E-state index in [1.165, 1.54) is 0 Å². The molecule has 1 aromatic rings. The molecule has 0 fully saturated rings. The normalized spacial score (nSPS) is 10.5. The summed E-state index contributed by atoms with van der Waals surface area (Å²) < 4.78 is 0. The summed E-state index contributed by atoms with van der Waals surface area (Å²) in [4.78, 5) is 13.7. The molecule has 0 bridgehead atoms. The number of hydrogen-bond donors (Lipinski definition) is 2. The van der Waals surface area contributed by atoms with Crippen LogP contribution >= 0.6 is 0 Å². The van der Waals surface area contributed by atoms with Gasteiger partial charge in [-0.2, -0.15) is 0 Å². The lowest BCUT2D eigenvalue weighted by molar-refractivity contribution is -0.115. The Hall–Kier alpha value is -1.39. The van der Waals surface area contributed by atoms with Gasteiger partial charge in [-0.15, -0.1) is 0 Å². The van der Waals surface area contributed by atoms with Gasteiger partial charge in [-0.1, -0.05) is 25.1 Å². The molecule has 0 heterocycles. The van der Waals surface area contributed by atoms with Crippen molar-refractivity contribution < 1.29 is 4.79 Å². The first-order valence-electron chi connectivity index (χ1n) is 5.96. The minimum Gasteiger partial charge on any atom is -0.325 e. The first-order valence-corrected chi connectivity index (χ1v) is 5.96. The van der Waals surface area contributed by atoms with Gasteiger partial charge in [0.1, 0.15) is 0 Å². The summed E-state index contributed by atoms with van der Waals surface area (Å²) in [6, 6.07) is 9.48. The van der Waals surface area contributed by atoms with Crippen LogP contribution in [0.4, 0.5) is 5.69 Å². The Morgan fingerprint density at radius 3 is 2.65 bits per heavy atom. The smallest absolute Gasteiger partial charge is 0.238 e. The van der Waals surface area contributed by atoms with E-state index in [2.05, 4.69) is 29.5 Å². The number of anilines is 1. The van der Waals surface area contributed by atoms with Crippen molar-refractivity contribution >= 4 is 11.6 Å². The Kier molecular flexibility index (Phi) is 6.29. The molecule has 0 aliphatic rings. The molecule has 17 heavy (non-hydrogen) atoms. The molecule has 0 radical (unpaired) electrons. The molecule has 0 atom stereocenters. The minimum absolute atomic E-state index is 0.00430. The van der Waals surface area contributed by atoms with Crippen LogP contribution in [0.3, 0.4) is 0 Å². The highest BCUT2D eigenvalue weighted by atomic mass is 16.1. The summed E-state index contributed by atoms with van der Waals surface area (Å²) in [5, 5.41) is 5.95. The number of amides is 1. The largest absolute Gasteiger partial charge is 0.325 e. The standard InChI is InChI=1S/C13H21N3O/c1-3-16(2)10-9-14-11-13(17)15-12-7-5-4-6-8-12/h4-8,14H,3,9-11H2,1-2H3,(H,15,17). The van der Waals surface area contributed by atoms with Crippen molar-refractivity contribution in [2.45, 2.75) is 6.92 Å². The van der Waals surface area contributed by atoms with E-state index < -0.39 is 0 Å². The number of nitrogens with one attached hydrogen (secondary N) is 2. The highest BCUT2D eigenvalue weighted by molar-refractivity contribution is 5.92. The highest BCUT2D eigenvalue weighted by Crippen LogP contribution is 2.03. The quantitative estimate of drug-likeness (QED) is 0.697. The van der Waals surface area contributed by atoms with Gasteiger partial charge in [0.05, 0.1) is 6.54 Å². The van der Waals surface area contributed by atoms with Gasteiger partial charge in [0, 0.05) is 18.8 Å². The van der Waals surface area contributed by atoms with E-state index in [0.717, 1.165) is 25.3 Å². The number of rotatable bonds is 7. The summed E-state index contributed by atoms with van der Waals surface area (Å²) in [7, 11) is 2.06. The third kappa shape index (κ3) is 6.04. The predicted molar refractivity (Wildman–Crippen MR) is 71.1 cm³/mol. The van der Waals surface area contributed by atoms with E-state index >= 15 is 0 Å². The second kappa shape index (κ2) is 7.81. The number of carbonyl (C=O) groups excluding carboxylic acids is 1. The lowest BCUT2D eigenvalue weighted by atomic mass is 10.3. The highest BCUT2D eigenvalue weighted by Gasteiger charge is 2.01. The molecule has 0 spiro atoms. The van der Waals surface area contributed by atoms with Gasteiger partial charge < -0.3 is 15.5 Å².